The van der Waals surface area contributed by atoms with E-state index < -0.39 is 5.97 Å². The number of aromatic nitrogens is 2. The molecule has 0 aliphatic carbocycles. The summed E-state index contributed by atoms with van der Waals surface area (Å²) in [7, 11) is 1.74. The molecular formula is C9H13N3O3. The Morgan fingerprint density at radius 2 is 2.53 bits per heavy atom. The van der Waals surface area contributed by atoms with Gasteiger partial charge in [-0.25, -0.2) is 4.79 Å². The molecule has 6 nitrogen and oxygen atoms in total. The van der Waals surface area contributed by atoms with Crippen molar-refractivity contribution in [3.63, 3.8) is 0 Å². The molecule has 0 aromatic carbocycles. The van der Waals surface area contributed by atoms with Gasteiger partial charge in [-0.1, -0.05) is 0 Å². The van der Waals surface area contributed by atoms with E-state index in [0.717, 1.165) is 18.9 Å². The maximum Gasteiger partial charge on any atom is 0.356 e. The third kappa shape index (κ3) is 2.16. The summed E-state index contributed by atoms with van der Waals surface area (Å²) in [5.74, 6) is -0.996. The van der Waals surface area contributed by atoms with Gasteiger partial charge < -0.3 is 15.2 Å². The zero-order chi connectivity index (χ0) is 10.8. The minimum atomic E-state index is -0.996. The number of rotatable bonds is 4. The number of carbonyl (C=O) groups is 1. The third-order valence-corrected chi connectivity index (χ3v) is 2.41. The van der Waals surface area contributed by atoms with E-state index in [9.17, 15) is 4.79 Å². The maximum absolute atomic E-state index is 10.7. The van der Waals surface area contributed by atoms with Crippen LogP contribution in [0.1, 0.15) is 16.2 Å². The Balaban J connectivity index is 1.97. The van der Waals surface area contributed by atoms with Crippen molar-refractivity contribution >= 4 is 5.97 Å². The molecule has 1 aliphatic rings. The van der Waals surface area contributed by atoms with Crippen LogP contribution in [0.3, 0.4) is 0 Å². The summed E-state index contributed by atoms with van der Waals surface area (Å²) in [5, 5.41) is 15.9. The predicted molar refractivity (Wildman–Crippen MR) is 51.6 cm³/mol. The molecule has 0 atom stereocenters. The van der Waals surface area contributed by atoms with E-state index in [1.807, 2.05) is 0 Å². The van der Waals surface area contributed by atoms with E-state index in [1.54, 1.807) is 17.8 Å². The Morgan fingerprint density at radius 3 is 3.00 bits per heavy atom. The highest BCUT2D eigenvalue weighted by molar-refractivity contribution is 5.85. The molecule has 6 heteroatoms. The molecule has 2 N–H and O–H groups in total. The van der Waals surface area contributed by atoms with Crippen molar-refractivity contribution in [2.75, 3.05) is 13.2 Å². The van der Waals surface area contributed by atoms with E-state index in [4.69, 9.17) is 9.84 Å². The van der Waals surface area contributed by atoms with Crippen LogP contribution in [0.5, 0.6) is 0 Å². The number of carboxylic acid groups (broad SMARTS) is 1. The molecule has 0 spiro atoms. The summed E-state index contributed by atoms with van der Waals surface area (Å²) in [4.78, 5) is 10.7. The molecule has 2 rings (SSSR count). The van der Waals surface area contributed by atoms with Gasteiger partial charge >= 0.3 is 5.97 Å². The van der Waals surface area contributed by atoms with Gasteiger partial charge in [0.1, 0.15) is 0 Å². The molecule has 1 saturated heterocycles. The quantitative estimate of drug-likeness (QED) is 0.709. The molecule has 1 aromatic heterocycles. The lowest BCUT2D eigenvalue weighted by Crippen LogP contribution is -2.45. The Labute approximate surface area is 86.8 Å². The summed E-state index contributed by atoms with van der Waals surface area (Å²) in [6, 6.07) is 1.96. The Morgan fingerprint density at radius 1 is 1.80 bits per heavy atom. The predicted octanol–water partition coefficient (Wildman–Crippen LogP) is -0.393. The molecule has 0 saturated carbocycles. The lowest BCUT2D eigenvalue weighted by molar-refractivity contribution is -0.00602. The molecule has 82 valence electrons. The summed E-state index contributed by atoms with van der Waals surface area (Å²) in [6.45, 7) is 2.07. The average Bonchev–Trinajstić information content (AvgIpc) is 2.45. The summed E-state index contributed by atoms with van der Waals surface area (Å²) in [6.07, 6.45) is 0. The lowest BCUT2D eigenvalue weighted by atomic mass is 10.2. The highest BCUT2D eigenvalue weighted by atomic mass is 16.5. The zero-order valence-corrected chi connectivity index (χ0v) is 8.43. The number of nitrogens with zero attached hydrogens (tertiary/aromatic N) is 2. The highest BCUT2D eigenvalue weighted by Crippen LogP contribution is 2.05. The smallest absolute Gasteiger partial charge is 0.356 e. The van der Waals surface area contributed by atoms with Gasteiger partial charge in [-0.15, -0.1) is 0 Å². The summed E-state index contributed by atoms with van der Waals surface area (Å²) in [5.41, 5.74) is 0.943. The maximum atomic E-state index is 10.7. The third-order valence-electron chi connectivity index (χ3n) is 2.41. The largest absolute Gasteiger partial charge is 0.476 e. The number of hydrogen-bond donors (Lipinski definition) is 2. The van der Waals surface area contributed by atoms with Crippen molar-refractivity contribution in [2.24, 2.45) is 7.05 Å². The number of carboxylic acids is 1. The van der Waals surface area contributed by atoms with Gasteiger partial charge in [0.05, 0.1) is 24.9 Å². The second-order valence-electron chi connectivity index (χ2n) is 3.56. The number of hydrogen-bond acceptors (Lipinski definition) is 4. The Kier molecular flexibility index (Phi) is 2.70. The number of ether oxygens (including phenoxy) is 1. The molecule has 0 amide bonds. The van der Waals surface area contributed by atoms with Crippen LogP contribution < -0.4 is 5.32 Å². The minimum absolute atomic E-state index is 0.0826. The van der Waals surface area contributed by atoms with Gasteiger partial charge in [0, 0.05) is 13.6 Å². The van der Waals surface area contributed by atoms with Crippen molar-refractivity contribution in [1.29, 1.82) is 0 Å². The topological polar surface area (TPSA) is 76.4 Å². The Bertz CT molecular complexity index is 371. The fourth-order valence-electron chi connectivity index (χ4n) is 1.38. The SMILES string of the molecule is Cn1nc(C(=O)O)cc1CNC1COC1. The molecular weight excluding hydrogens is 198 g/mol. The van der Waals surface area contributed by atoms with E-state index in [0.29, 0.717) is 12.6 Å². The summed E-state index contributed by atoms with van der Waals surface area (Å²) < 4.78 is 6.60. The number of aryl methyl sites for hydroxylation is 1. The standard InChI is InChI=1S/C9H13N3O3/c1-12-7(2-8(11-12)9(13)14)3-10-6-4-15-5-6/h2,6,10H,3-5H2,1H3,(H,13,14). The van der Waals surface area contributed by atoms with Crippen molar-refractivity contribution < 1.29 is 14.6 Å². The van der Waals surface area contributed by atoms with Crippen LogP contribution in [0.2, 0.25) is 0 Å². The second-order valence-corrected chi connectivity index (χ2v) is 3.56. The van der Waals surface area contributed by atoms with Crippen molar-refractivity contribution in [2.45, 2.75) is 12.6 Å². The molecule has 15 heavy (non-hydrogen) atoms. The lowest BCUT2D eigenvalue weighted by Gasteiger charge is -2.26. The van der Waals surface area contributed by atoms with E-state index in [1.165, 1.54) is 0 Å². The fourth-order valence-corrected chi connectivity index (χ4v) is 1.38. The van der Waals surface area contributed by atoms with Crippen LogP contribution in [0, 0.1) is 0 Å². The summed E-state index contributed by atoms with van der Waals surface area (Å²) >= 11 is 0. The van der Waals surface area contributed by atoms with Crippen LogP contribution in [0.15, 0.2) is 6.07 Å². The van der Waals surface area contributed by atoms with Crippen molar-refractivity contribution in [1.82, 2.24) is 15.1 Å². The van der Waals surface area contributed by atoms with Crippen LogP contribution in [0.25, 0.3) is 0 Å². The van der Waals surface area contributed by atoms with Gasteiger partial charge in [0.2, 0.25) is 0 Å². The highest BCUT2D eigenvalue weighted by Gasteiger charge is 2.18. The van der Waals surface area contributed by atoms with Gasteiger partial charge in [-0.2, -0.15) is 5.10 Å². The van der Waals surface area contributed by atoms with E-state index >= 15 is 0 Å². The zero-order valence-electron chi connectivity index (χ0n) is 8.43. The molecule has 0 bridgehead atoms. The van der Waals surface area contributed by atoms with Crippen molar-refractivity contribution in [3.8, 4) is 0 Å². The first-order valence-electron chi connectivity index (χ1n) is 4.74. The van der Waals surface area contributed by atoms with Gasteiger partial charge in [-0.05, 0) is 6.07 Å². The van der Waals surface area contributed by atoms with Crippen molar-refractivity contribution in [3.05, 3.63) is 17.5 Å². The molecule has 1 fully saturated rings. The molecule has 1 aliphatic heterocycles. The van der Waals surface area contributed by atoms with E-state index in [-0.39, 0.29) is 5.69 Å². The minimum Gasteiger partial charge on any atom is -0.476 e. The second kappa shape index (κ2) is 4.00. The molecule has 1 aromatic rings. The van der Waals surface area contributed by atoms with Crippen LogP contribution >= 0.6 is 0 Å². The van der Waals surface area contributed by atoms with Crippen LogP contribution in [-0.4, -0.2) is 40.1 Å². The fraction of sp³-hybridized carbons (Fsp3) is 0.556. The monoisotopic (exact) mass is 211 g/mol. The first kappa shape index (κ1) is 10.1. The number of aromatic carboxylic acids is 1. The van der Waals surface area contributed by atoms with Gasteiger partial charge in [-0.3, -0.25) is 4.68 Å². The number of nitrogens with one attached hydrogen (secondary N) is 1. The normalized spacial score (nSPS) is 16.3. The molecule has 0 unspecified atom stereocenters. The molecule has 0 radical (unpaired) electrons. The first-order valence-corrected chi connectivity index (χ1v) is 4.74. The average molecular weight is 211 g/mol. The van der Waals surface area contributed by atoms with E-state index in [2.05, 4.69) is 10.4 Å². The Hall–Kier alpha value is -1.40. The van der Waals surface area contributed by atoms with Gasteiger partial charge in [0.25, 0.3) is 0 Å². The van der Waals surface area contributed by atoms with Gasteiger partial charge in [0.15, 0.2) is 5.69 Å². The first-order chi connectivity index (χ1) is 7.16. The molecule has 2 heterocycles. The van der Waals surface area contributed by atoms with Crippen LogP contribution in [-0.2, 0) is 18.3 Å². The van der Waals surface area contributed by atoms with Crippen LogP contribution in [0.4, 0.5) is 0 Å².